The Bertz CT molecular complexity index is 744. The Hall–Kier alpha value is -2.14. The van der Waals surface area contributed by atoms with Crippen LogP contribution in [0.1, 0.15) is 29.8 Å². The Morgan fingerprint density at radius 2 is 1.75 bits per heavy atom. The van der Waals surface area contributed by atoms with E-state index in [1.54, 1.807) is 6.07 Å². The number of anilines is 1. The molecule has 2 N–H and O–H groups in total. The summed E-state index contributed by atoms with van der Waals surface area (Å²) >= 11 is 3.38. The van der Waals surface area contributed by atoms with Gasteiger partial charge in [0.15, 0.2) is 0 Å². The minimum absolute atomic E-state index is 0.0369. The van der Waals surface area contributed by atoms with Crippen LogP contribution in [0.2, 0.25) is 0 Å². The van der Waals surface area contributed by atoms with Crippen molar-refractivity contribution in [2.24, 2.45) is 5.92 Å². The molecule has 0 unspecified atom stereocenters. The van der Waals surface area contributed by atoms with Crippen LogP contribution in [0.3, 0.4) is 0 Å². The molecule has 24 heavy (non-hydrogen) atoms. The highest BCUT2D eigenvalue weighted by molar-refractivity contribution is 9.10. The lowest BCUT2D eigenvalue weighted by Gasteiger charge is -2.22. The Labute approximate surface area is 150 Å². The van der Waals surface area contributed by atoms with Gasteiger partial charge in [0.2, 0.25) is 5.91 Å². The normalized spacial score (nSPS) is 11.9. The van der Waals surface area contributed by atoms with Crippen molar-refractivity contribution in [3.05, 3.63) is 64.1 Å². The SMILES string of the molecule is Cc1ccccc1C(=O)N[C@H](C(=O)Nc1cccc(Br)c1)C(C)C. The minimum atomic E-state index is -0.615. The van der Waals surface area contributed by atoms with Gasteiger partial charge in [-0.2, -0.15) is 0 Å². The van der Waals surface area contributed by atoms with Gasteiger partial charge in [-0.3, -0.25) is 9.59 Å². The summed E-state index contributed by atoms with van der Waals surface area (Å²) in [5, 5.41) is 5.70. The van der Waals surface area contributed by atoms with E-state index in [9.17, 15) is 9.59 Å². The predicted molar refractivity (Wildman–Crippen MR) is 100 cm³/mol. The predicted octanol–water partition coefficient (Wildman–Crippen LogP) is 4.15. The van der Waals surface area contributed by atoms with Crippen molar-refractivity contribution in [3.63, 3.8) is 0 Å². The molecule has 0 aliphatic rings. The molecule has 0 aliphatic heterocycles. The van der Waals surface area contributed by atoms with E-state index >= 15 is 0 Å². The zero-order valence-corrected chi connectivity index (χ0v) is 15.6. The standard InChI is InChI=1S/C19H21BrN2O2/c1-12(2)17(19(24)21-15-9-6-8-14(20)11-15)22-18(23)16-10-5-4-7-13(16)3/h4-12,17H,1-3H3,(H,21,24)(H,22,23)/t17-/m0/s1. The van der Waals surface area contributed by atoms with Crippen LogP contribution in [0.15, 0.2) is 53.0 Å². The number of halogens is 1. The van der Waals surface area contributed by atoms with Crippen molar-refractivity contribution in [3.8, 4) is 0 Å². The average molecular weight is 389 g/mol. The summed E-state index contributed by atoms with van der Waals surface area (Å²) < 4.78 is 0.880. The molecule has 0 bridgehead atoms. The van der Waals surface area contributed by atoms with E-state index < -0.39 is 6.04 Å². The number of benzene rings is 2. The first-order chi connectivity index (χ1) is 11.4. The van der Waals surface area contributed by atoms with Crippen LogP contribution in [0.25, 0.3) is 0 Å². The molecule has 2 amide bonds. The number of nitrogens with one attached hydrogen (secondary N) is 2. The topological polar surface area (TPSA) is 58.2 Å². The van der Waals surface area contributed by atoms with E-state index in [2.05, 4.69) is 26.6 Å². The molecule has 2 aromatic rings. The summed E-state index contributed by atoms with van der Waals surface area (Å²) in [5.41, 5.74) is 2.15. The molecule has 1 atom stereocenters. The molecular formula is C19H21BrN2O2. The molecule has 0 saturated heterocycles. The number of hydrogen-bond acceptors (Lipinski definition) is 2. The van der Waals surface area contributed by atoms with E-state index in [0.717, 1.165) is 10.0 Å². The van der Waals surface area contributed by atoms with Gasteiger partial charge in [0.25, 0.3) is 5.91 Å². The van der Waals surface area contributed by atoms with Crippen molar-refractivity contribution >= 4 is 33.4 Å². The molecule has 0 aliphatic carbocycles. The maximum absolute atomic E-state index is 12.6. The van der Waals surface area contributed by atoms with Gasteiger partial charge in [0, 0.05) is 15.7 Å². The van der Waals surface area contributed by atoms with E-state index in [-0.39, 0.29) is 17.7 Å². The van der Waals surface area contributed by atoms with Gasteiger partial charge < -0.3 is 10.6 Å². The third-order valence-electron chi connectivity index (χ3n) is 3.72. The molecular weight excluding hydrogens is 368 g/mol. The van der Waals surface area contributed by atoms with Gasteiger partial charge in [-0.15, -0.1) is 0 Å². The maximum Gasteiger partial charge on any atom is 0.252 e. The molecule has 0 spiro atoms. The first kappa shape index (κ1) is 18.2. The first-order valence-corrected chi connectivity index (χ1v) is 8.60. The third-order valence-corrected chi connectivity index (χ3v) is 4.21. The Kier molecular flexibility index (Phi) is 6.15. The van der Waals surface area contributed by atoms with Gasteiger partial charge >= 0.3 is 0 Å². The third kappa shape index (κ3) is 4.68. The van der Waals surface area contributed by atoms with E-state index in [0.29, 0.717) is 11.3 Å². The number of carbonyl (C=O) groups excluding carboxylic acids is 2. The second kappa shape index (κ2) is 8.11. The largest absolute Gasteiger partial charge is 0.340 e. The van der Waals surface area contributed by atoms with E-state index in [4.69, 9.17) is 0 Å². The van der Waals surface area contributed by atoms with Gasteiger partial charge in [0.05, 0.1) is 0 Å². The highest BCUT2D eigenvalue weighted by Crippen LogP contribution is 2.17. The van der Waals surface area contributed by atoms with Crippen molar-refractivity contribution < 1.29 is 9.59 Å². The van der Waals surface area contributed by atoms with Crippen molar-refractivity contribution in [2.75, 3.05) is 5.32 Å². The van der Waals surface area contributed by atoms with Crippen molar-refractivity contribution in [1.82, 2.24) is 5.32 Å². The molecule has 0 fully saturated rings. The fourth-order valence-electron chi connectivity index (χ4n) is 2.37. The summed E-state index contributed by atoms with van der Waals surface area (Å²) in [6.07, 6.45) is 0. The van der Waals surface area contributed by atoms with Gasteiger partial charge in [-0.1, -0.05) is 54.0 Å². The molecule has 2 aromatic carbocycles. The maximum atomic E-state index is 12.6. The average Bonchev–Trinajstić information content (AvgIpc) is 2.52. The zero-order valence-electron chi connectivity index (χ0n) is 14.0. The lowest BCUT2D eigenvalue weighted by Crippen LogP contribution is -2.47. The number of hydrogen-bond donors (Lipinski definition) is 2. The zero-order chi connectivity index (χ0) is 17.7. The summed E-state index contributed by atoms with van der Waals surface area (Å²) in [4.78, 5) is 25.1. The second-order valence-corrected chi connectivity index (χ2v) is 6.93. The lowest BCUT2D eigenvalue weighted by molar-refractivity contribution is -0.118. The first-order valence-electron chi connectivity index (χ1n) is 7.81. The van der Waals surface area contributed by atoms with Gasteiger partial charge in [0.1, 0.15) is 6.04 Å². The van der Waals surface area contributed by atoms with Crippen LogP contribution in [-0.4, -0.2) is 17.9 Å². The van der Waals surface area contributed by atoms with Crippen molar-refractivity contribution in [2.45, 2.75) is 26.8 Å². The number of carbonyl (C=O) groups is 2. The van der Waals surface area contributed by atoms with Crippen molar-refractivity contribution in [1.29, 1.82) is 0 Å². The Morgan fingerprint density at radius 3 is 2.38 bits per heavy atom. The summed E-state index contributed by atoms with van der Waals surface area (Å²) in [7, 11) is 0. The Morgan fingerprint density at radius 1 is 1.04 bits per heavy atom. The highest BCUT2D eigenvalue weighted by Gasteiger charge is 2.25. The second-order valence-electron chi connectivity index (χ2n) is 6.01. The van der Waals surface area contributed by atoms with E-state index in [1.165, 1.54) is 0 Å². The highest BCUT2D eigenvalue weighted by atomic mass is 79.9. The fourth-order valence-corrected chi connectivity index (χ4v) is 2.77. The quantitative estimate of drug-likeness (QED) is 0.807. The van der Waals surface area contributed by atoms with Crippen LogP contribution in [-0.2, 0) is 4.79 Å². The smallest absolute Gasteiger partial charge is 0.252 e. The summed E-state index contributed by atoms with van der Waals surface area (Å²) in [6, 6.07) is 14.1. The van der Waals surface area contributed by atoms with Crippen LogP contribution < -0.4 is 10.6 Å². The van der Waals surface area contributed by atoms with E-state index in [1.807, 2.05) is 63.2 Å². The molecule has 0 heterocycles. The molecule has 0 radical (unpaired) electrons. The van der Waals surface area contributed by atoms with Crippen LogP contribution in [0.4, 0.5) is 5.69 Å². The van der Waals surface area contributed by atoms with Crippen LogP contribution in [0.5, 0.6) is 0 Å². The Balaban J connectivity index is 2.13. The molecule has 126 valence electrons. The molecule has 5 heteroatoms. The summed E-state index contributed by atoms with van der Waals surface area (Å²) in [6.45, 7) is 5.69. The summed E-state index contributed by atoms with van der Waals surface area (Å²) in [5.74, 6) is -0.508. The number of rotatable bonds is 5. The van der Waals surface area contributed by atoms with Gasteiger partial charge in [-0.25, -0.2) is 0 Å². The minimum Gasteiger partial charge on any atom is -0.340 e. The molecule has 0 saturated carbocycles. The monoisotopic (exact) mass is 388 g/mol. The van der Waals surface area contributed by atoms with Crippen LogP contribution >= 0.6 is 15.9 Å². The fraction of sp³-hybridized carbons (Fsp3) is 0.263. The molecule has 4 nitrogen and oxygen atoms in total. The van der Waals surface area contributed by atoms with Gasteiger partial charge in [-0.05, 0) is 42.7 Å². The molecule has 0 aromatic heterocycles. The van der Waals surface area contributed by atoms with Crippen LogP contribution in [0, 0.1) is 12.8 Å². The number of amides is 2. The number of aryl methyl sites for hydroxylation is 1. The molecule has 2 rings (SSSR count). The lowest BCUT2D eigenvalue weighted by atomic mass is 10.0.